The Bertz CT molecular complexity index is 785. The summed E-state index contributed by atoms with van der Waals surface area (Å²) < 4.78 is 0.824. The zero-order valence-electron chi connectivity index (χ0n) is 13.5. The number of aliphatic carboxylic acids is 2. The Morgan fingerprint density at radius 1 is 0.778 bits per heavy atom. The quantitative estimate of drug-likeness (QED) is 0.264. The maximum atomic E-state index is 12.5. The van der Waals surface area contributed by atoms with Gasteiger partial charge < -0.3 is 26.2 Å². The summed E-state index contributed by atoms with van der Waals surface area (Å²) in [4.78, 5) is 57.8. The SMILES string of the molecule is CC(=O)Nc1c(I)c(C(=O)NCC(=O)O)c(I)c(C(=O)NCC(=O)O)c1I. The largest absolute Gasteiger partial charge is 0.480 e. The Hall–Kier alpha value is -1.24. The monoisotopic (exact) mass is 715 g/mol. The lowest BCUT2D eigenvalue weighted by molar-refractivity contribution is -0.136. The predicted molar refractivity (Wildman–Crippen MR) is 119 cm³/mol. The Balaban J connectivity index is 3.57. The number of carbonyl (C=O) groups is 5. The first-order chi connectivity index (χ1) is 12.5. The second-order valence-electron chi connectivity index (χ2n) is 4.90. The summed E-state index contributed by atoms with van der Waals surface area (Å²) in [5, 5.41) is 24.4. The molecule has 0 heterocycles. The molecule has 0 aliphatic rings. The molecule has 146 valence electrons. The van der Waals surface area contributed by atoms with Gasteiger partial charge in [-0.25, -0.2) is 0 Å². The molecule has 3 amide bonds. The summed E-state index contributed by atoms with van der Waals surface area (Å²) in [7, 11) is 0. The first-order valence-electron chi connectivity index (χ1n) is 6.95. The molecule has 0 aliphatic carbocycles. The van der Waals surface area contributed by atoms with Crippen molar-refractivity contribution in [2.75, 3.05) is 18.4 Å². The smallest absolute Gasteiger partial charge is 0.322 e. The molecule has 0 aromatic heterocycles. The molecule has 0 atom stereocenters. The fourth-order valence-electron chi connectivity index (χ4n) is 1.84. The van der Waals surface area contributed by atoms with E-state index in [0.29, 0.717) is 7.14 Å². The molecular formula is C14H12I3N3O7. The highest BCUT2D eigenvalue weighted by atomic mass is 127. The van der Waals surface area contributed by atoms with Crippen molar-refractivity contribution in [2.45, 2.75) is 6.92 Å². The Morgan fingerprint density at radius 3 is 1.44 bits per heavy atom. The summed E-state index contributed by atoms with van der Waals surface area (Å²) in [6, 6.07) is 0. The lowest BCUT2D eigenvalue weighted by Gasteiger charge is -2.18. The third-order valence-corrected chi connectivity index (χ3v) is 6.11. The Morgan fingerprint density at radius 2 is 1.15 bits per heavy atom. The molecule has 27 heavy (non-hydrogen) atoms. The normalized spacial score (nSPS) is 10.1. The number of benzene rings is 1. The van der Waals surface area contributed by atoms with E-state index in [-0.39, 0.29) is 20.4 Å². The number of amides is 3. The van der Waals surface area contributed by atoms with Crippen molar-refractivity contribution in [2.24, 2.45) is 0 Å². The third kappa shape index (κ3) is 6.40. The average molecular weight is 715 g/mol. The van der Waals surface area contributed by atoms with Crippen LogP contribution in [0.2, 0.25) is 0 Å². The van der Waals surface area contributed by atoms with Gasteiger partial charge >= 0.3 is 11.9 Å². The lowest BCUT2D eigenvalue weighted by atomic mass is 10.1. The number of rotatable bonds is 7. The van der Waals surface area contributed by atoms with E-state index in [2.05, 4.69) is 16.0 Å². The van der Waals surface area contributed by atoms with Gasteiger partial charge in [-0.05, 0) is 67.8 Å². The van der Waals surface area contributed by atoms with Gasteiger partial charge in [-0.2, -0.15) is 0 Å². The van der Waals surface area contributed by atoms with Crippen molar-refractivity contribution < 1.29 is 34.2 Å². The van der Waals surface area contributed by atoms with Crippen molar-refractivity contribution in [3.8, 4) is 0 Å². The lowest BCUT2D eigenvalue weighted by Crippen LogP contribution is -2.34. The molecule has 0 saturated carbocycles. The van der Waals surface area contributed by atoms with E-state index in [1.54, 1.807) is 22.6 Å². The number of hydrogen-bond donors (Lipinski definition) is 5. The van der Waals surface area contributed by atoms with Gasteiger partial charge in [0, 0.05) is 10.5 Å². The van der Waals surface area contributed by atoms with Gasteiger partial charge in [0.25, 0.3) is 11.8 Å². The number of hydrogen-bond acceptors (Lipinski definition) is 5. The summed E-state index contributed by atoms with van der Waals surface area (Å²) in [6.07, 6.45) is 0. The van der Waals surface area contributed by atoms with Gasteiger partial charge in [0.05, 0.1) is 24.0 Å². The highest BCUT2D eigenvalue weighted by molar-refractivity contribution is 14.1. The number of anilines is 1. The maximum Gasteiger partial charge on any atom is 0.322 e. The second-order valence-corrected chi connectivity index (χ2v) is 8.14. The van der Waals surface area contributed by atoms with E-state index in [0.717, 1.165) is 0 Å². The van der Waals surface area contributed by atoms with Crippen LogP contribution in [0.4, 0.5) is 5.69 Å². The number of carboxylic acids is 2. The van der Waals surface area contributed by atoms with Crippen molar-refractivity contribution in [1.29, 1.82) is 0 Å². The number of nitrogens with one attached hydrogen (secondary N) is 3. The van der Waals surface area contributed by atoms with E-state index >= 15 is 0 Å². The topological polar surface area (TPSA) is 162 Å². The number of carbonyl (C=O) groups excluding carboxylic acids is 3. The van der Waals surface area contributed by atoms with Gasteiger partial charge in [0.15, 0.2) is 0 Å². The highest BCUT2D eigenvalue weighted by Gasteiger charge is 2.28. The summed E-state index contributed by atoms with van der Waals surface area (Å²) in [5.74, 6) is -4.44. The van der Waals surface area contributed by atoms with Gasteiger partial charge in [0.2, 0.25) is 5.91 Å². The average Bonchev–Trinajstić information content (AvgIpc) is 2.54. The van der Waals surface area contributed by atoms with Crippen LogP contribution in [-0.4, -0.2) is 53.0 Å². The van der Waals surface area contributed by atoms with Crippen LogP contribution < -0.4 is 16.0 Å². The molecule has 0 fully saturated rings. The molecule has 1 aromatic rings. The van der Waals surface area contributed by atoms with E-state index in [4.69, 9.17) is 10.2 Å². The van der Waals surface area contributed by atoms with Crippen LogP contribution in [0.15, 0.2) is 0 Å². The van der Waals surface area contributed by atoms with Crippen molar-refractivity contribution in [1.82, 2.24) is 10.6 Å². The number of halogens is 3. The molecule has 1 aromatic carbocycles. The van der Waals surface area contributed by atoms with Crippen molar-refractivity contribution in [3.63, 3.8) is 0 Å². The minimum atomic E-state index is -1.25. The molecule has 13 heteroatoms. The zero-order chi connectivity index (χ0) is 20.9. The van der Waals surface area contributed by atoms with Crippen molar-refractivity contribution >= 4 is 103 Å². The fraction of sp³-hybridized carbons (Fsp3) is 0.214. The van der Waals surface area contributed by atoms with Gasteiger partial charge in [0.1, 0.15) is 13.1 Å². The van der Waals surface area contributed by atoms with Gasteiger partial charge in [-0.1, -0.05) is 0 Å². The van der Waals surface area contributed by atoms with Crippen LogP contribution in [0, 0.1) is 10.7 Å². The minimum absolute atomic E-state index is 0.00194. The zero-order valence-corrected chi connectivity index (χ0v) is 20.0. The molecule has 0 spiro atoms. The molecule has 0 unspecified atom stereocenters. The first kappa shape index (κ1) is 23.8. The second kappa shape index (κ2) is 10.3. The van der Waals surface area contributed by atoms with Gasteiger partial charge in [-0.3, -0.25) is 24.0 Å². The Kier molecular flexibility index (Phi) is 9.12. The highest BCUT2D eigenvalue weighted by Crippen LogP contribution is 2.35. The standard InChI is InChI=1S/C14H12I3N3O7/c1-4(21)20-12-10(16)7(13(26)18-2-5(22)23)9(15)8(11(12)17)14(27)19-3-6(24)25/h2-3H2,1H3,(H,18,26)(H,19,27)(H,20,21)(H,22,23)(H,24,25). The van der Waals surface area contributed by atoms with Gasteiger partial charge in [-0.15, -0.1) is 0 Å². The van der Waals surface area contributed by atoms with E-state index < -0.39 is 42.7 Å². The molecule has 0 aliphatic heterocycles. The van der Waals surface area contributed by atoms with Crippen LogP contribution in [0.25, 0.3) is 0 Å². The number of carboxylic acid groups (broad SMARTS) is 2. The Labute approximate surface area is 193 Å². The molecular weight excluding hydrogens is 703 g/mol. The third-order valence-electron chi connectivity index (χ3n) is 2.87. The molecule has 0 radical (unpaired) electrons. The molecule has 5 N–H and O–H groups in total. The van der Waals surface area contributed by atoms with E-state index in [1.165, 1.54) is 6.92 Å². The van der Waals surface area contributed by atoms with E-state index in [9.17, 15) is 24.0 Å². The van der Waals surface area contributed by atoms with Crippen molar-refractivity contribution in [3.05, 3.63) is 21.8 Å². The van der Waals surface area contributed by atoms with E-state index in [1.807, 2.05) is 45.2 Å². The fourth-order valence-corrected chi connectivity index (χ4v) is 6.25. The van der Waals surface area contributed by atoms with Crippen LogP contribution >= 0.6 is 67.8 Å². The van der Waals surface area contributed by atoms with Crippen LogP contribution in [0.1, 0.15) is 27.6 Å². The maximum absolute atomic E-state index is 12.5. The molecule has 1 rings (SSSR count). The van der Waals surface area contributed by atoms with Crippen LogP contribution in [0.5, 0.6) is 0 Å². The summed E-state index contributed by atoms with van der Waals surface area (Å²) in [5.41, 5.74) is 0.203. The molecule has 10 nitrogen and oxygen atoms in total. The first-order valence-corrected chi connectivity index (χ1v) is 10.2. The molecule has 0 saturated heterocycles. The minimum Gasteiger partial charge on any atom is -0.480 e. The summed E-state index contributed by atoms with van der Waals surface area (Å²) in [6.45, 7) is -0.0154. The summed E-state index contributed by atoms with van der Waals surface area (Å²) >= 11 is 5.37. The predicted octanol–water partition coefficient (Wildman–Crippen LogP) is 1.09. The van der Waals surface area contributed by atoms with Crippen LogP contribution in [0.3, 0.4) is 0 Å². The van der Waals surface area contributed by atoms with Crippen LogP contribution in [-0.2, 0) is 14.4 Å². The molecule has 0 bridgehead atoms.